The van der Waals surface area contributed by atoms with Crippen molar-refractivity contribution in [2.75, 3.05) is 26.4 Å². The quantitative estimate of drug-likeness (QED) is 0.0264. The monoisotopic (exact) mass is 943 g/mol. The van der Waals surface area contributed by atoms with Gasteiger partial charge >= 0.3 is 19.9 Å². The first kappa shape index (κ1) is 63.1. The van der Waals surface area contributed by atoms with Gasteiger partial charge in [-0.15, -0.1) is 6.58 Å². The standard InChI is InChI=1S/C53H103N2O9P/c1-8-12-15-18-21-24-26-28-30-33-36-39-42-51(57)63-49(40-37-34-31-23-20-17-14-10-3)46-48(55-50(56)41-38-35-32-29-27-25-22-19-16-13-9-2)47-62-65(59,60-44-11-4)61-45-43-54-52(58)64-53(5,6)7/h11,48-49H,4,8-10,12-47H2,1-3,5-7H3,(H,54,58)(H,55,56)/t48-,49?,65?/m1/s1. The number of hydrogen-bond donors (Lipinski definition) is 2. The largest absolute Gasteiger partial charge is 0.475 e. The van der Waals surface area contributed by atoms with E-state index in [2.05, 4.69) is 38.0 Å². The molecule has 0 saturated heterocycles. The molecule has 0 aromatic carbocycles. The summed E-state index contributed by atoms with van der Waals surface area (Å²) in [6.07, 6.45) is 39.2. The van der Waals surface area contributed by atoms with E-state index in [1.807, 2.05) is 0 Å². The number of carbonyl (C=O) groups is 3. The minimum atomic E-state index is -4.15. The Morgan fingerprint density at radius 2 is 1.02 bits per heavy atom. The van der Waals surface area contributed by atoms with Gasteiger partial charge in [0.25, 0.3) is 0 Å². The Morgan fingerprint density at radius 1 is 0.585 bits per heavy atom. The summed E-state index contributed by atoms with van der Waals surface area (Å²) in [5.41, 5.74) is -0.671. The smallest absolute Gasteiger partial charge is 0.462 e. The van der Waals surface area contributed by atoms with E-state index < -0.39 is 31.7 Å². The maximum absolute atomic E-state index is 13.9. The van der Waals surface area contributed by atoms with Gasteiger partial charge in [-0.25, -0.2) is 9.36 Å². The van der Waals surface area contributed by atoms with Crippen molar-refractivity contribution >= 4 is 25.8 Å². The van der Waals surface area contributed by atoms with E-state index in [1.165, 1.54) is 147 Å². The minimum Gasteiger partial charge on any atom is -0.462 e. The van der Waals surface area contributed by atoms with Gasteiger partial charge in [0.15, 0.2) is 0 Å². The molecule has 65 heavy (non-hydrogen) atoms. The summed E-state index contributed by atoms with van der Waals surface area (Å²) in [5, 5.41) is 5.72. The minimum absolute atomic E-state index is 0.00859. The van der Waals surface area contributed by atoms with E-state index in [0.29, 0.717) is 25.7 Å². The van der Waals surface area contributed by atoms with Gasteiger partial charge < -0.3 is 20.1 Å². The summed E-state index contributed by atoms with van der Waals surface area (Å²) in [7, 11) is -4.15. The summed E-state index contributed by atoms with van der Waals surface area (Å²) < 4.78 is 42.4. The highest BCUT2D eigenvalue weighted by atomic mass is 31.2. The SMILES string of the molecule is C=CCOP(=O)(OCCNC(=O)OC(C)(C)C)OC[C@@H](CC(CCCCCCCCCC)OC(=O)CCCCCCCCCCCCCC)NC(=O)CCCCCCCCCCCCC. The first-order valence-corrected chi connectivity index (χ1v) is 28.4. The van der Waals surface area contributed by atoms with Gasteiger partial charge in [-0.3, -0.25) is 23.2 Å². The van der Waals surface area contributed by atoms with Gasteiger partial charge in [0.05, 0.1) is 25.9 Å². The average Bonchev–Trinajstić information content (AvgIpc) is 3.26. The third kappa shape index (κ3) is 44.3. The van der Waals surface area contributed by atoms with Crippen LogP contribution in [0.3, 0.4) is 0 Å². The van der Waals surface area contributed by atoms with Crippen molar-refractivity contribution in [3.63, 3.8) is 0 Å². The summed E-state index contributed by atoms with van der Waals surface area (Å²) in [5.74, 6) is -0.332. The molecule has 2 amide bonds. The van der Waals surface area contributed by atoms with Crippen LogP contribution < -0.4 is 10.6 Å². The third-order valence-corrected chi connectivity index (χ3v) is 13.1. The second kappa shape index (κ2) is 44.6. The van der Waals surface area contributed by atoms with E-state index >= 15 is 0 Å². The van der Waals surface area contributed by atoms with Crippen LogP contribution in [0.1, 0.15) is 266 Å². The Balaban J connectivity index is 5.62. The molecule has 0 fully saturated rings. The molecule has 0 aliphatic rings. The van der Waals surface area contributed by atoms with Gasteiger partial charge in [0.2, 0.25) is 5.91 Å². The number of esters is 1. The van der Waals surface area contributed by atoms with E-state index in [1.54, 1.807) is 20.8 Å². The molecule has 0 aromatic rings. The molecule has 2 N–H and O–H groups in total. The number of amides is 2. The van der Waals surface area contributed by atoms with Crippen LogP contribution in [0, 0.1) is 0 Å². The summed E-state index contributed by atoms with van der Waals surface area (Å²) >= 11 is 0. The Kier molecular flexibility index (Phi) is 43.2. The normalized spacial score (nSPS) is 13.5. The second-order valence-electron chi connectivity index (χ2n) is 19.4. The fourth-order valence-electron chi connectivity index (χ4n) is 7.88. The number of nitrogens with one attached hydrogen (secondary N) is 2. The Labute approximate surface area is 400 Å². The van der Waals surface area contributed by atoms with Gasteiger partial charge in [-0.2, -0.15) is 0 Å². The number of rotatable bonds is 48. The number of phosphoric ester groups is 1. The summed E-state index contributed by atoms with van der Waals surface area (Å²) in [6.45, 7) is 15.3. The van der Waals surface area contributed by atoms with Crippen molar-refractivity contribution in [2.24, 2.45) is 0 Å². The zero-order valence-electron chi connectivity index (χ0n) is 43.1. The van der Waals surface area contributed by atoms with Crippen LogP contribution in [-0.4, -0.2) is 62.1 Å². The molecule has 3 atom stereocenters. The van der Waals surface area contributed by atoms with Gasteiger partial charge in [-0.1, -0.05) is 207 Å². The molecular weight excluding hydrogens is 840 g/mol. The first-order chi connectivity index (χ1) is 31.4. The number of ether oxygens (including phenoxy) is 2. The first-order valence-electron chi connectivity index (χ1n) is 27.0. The highest BCUT2D eigenvalue weighted by molar-refractivity contribution is 7.48. The van der Waals surface area contributed by atoms with Gasteiger partial charge in [0.1, 0.15) is 11.7 Å². The van der Waals surface area contributed by atoms with Crippen LogP contribution in [-0.2, 0) is 37.2 Å². The maximum atomic E-state index is 13.9. The van der Waals surface area contributed by atoms with Crippen molar-refractivity contribution in [3.8, 4) is 0 Å². The Morgan fingerprint density at radius 3 is 1.46 bits per heavy atom. The number of carbonyl (C=O) groups excluding carboxylic acids is 3. The topological polar surface area (TPSA) is 138 Å². The van der Waals surface area contributed by atoms with Crippen LogP contribution in [0.2, 0.25) is 0 Å². The highest BCUT2D eigenvalue weighted by Gasteiger charge is 2.30. The molecule has 0 aliphatic heterocycles. The molecule has 2 unspecified atom stereocenters. The lowest BCUT2D eigenvalue weighted by Crippen LogP contribution is -2.41. The van der Waals surface area contributed by atoms with E-state index in [4.69, 9.17) is 23.0 Å². The Hall–Kier alpha value is -1.94. The molecule has 0 radical (unpaired) electrons. The fourth-order valence-corrected chi connectivity index (χ4v) is 9.07. The number of unbranched alkanes of at least 4 members (excludes halogenated alkanes) is 28. The lowest BCUT2D eigenvalue weighted by Gasteiger charge is -2.26. The molecule has 384 valence electrons. The molecule has 11 nitrogen and oxygen atoms in total. The van der Waals surface area contributed by atoms with E-state index in [9.17, 15) is 18.9 Å². The molecule has 0 heterocycles. The van der Waals surface area contributed by atoms with Gasteiger partial charge in [-0.05, 0) is 46.5 Å². The van der Waals surface area contributed by atoms with Crippen LogP contribution in [0.25, 0.3) is 0 Å². The van der Waals surface area contributed by atoms with Crippen LogP contribution in [0.4, 0.5) is 4.79 Å². The molecule has 0 aromatic heterocycles. The number of phosphoric acid groups is 1. The van der Waals surface area contributed by atoms with Gasteiger partial charge in [0, 0.05) is 25.8 Å². The van der Waals surface area contributed by atoms with Crippen molar-refractivity contribution in [2.45, 2.75) is 284 Å². The zero-order chi connectivity index (χ0) is 48.1. The predicted octanol–water partition coefficient (Wildman–Crippen LogP) is 16.0. The molecule has 12 heteroatoms. The summed E-state index contributed by atoms with van der Waals surface area (Å²) in [6, 6.07) is -0.613. The second-order valence-corrected chi connectivity index (χ2v) is 21.1. The molecule has 0 aliphatic carbocycles. The fraction of sp³-hybridized carbons (Fsp3) is 0.906. The number of hydrogen-bond acceptors (Lipinski definition) is 9. The molecule has 0 saturated carbocycles. The molecular formula is C53H103N2O9P. The zero-order valence-corrected chi connectivity index (χ0v) is 44.0. The predicted molar refractivity (Wildman–Crippen MR) is 270 cm³/mol. The van der Waals surface area contributed by atoms with Crippen molar-refractivity contribution in [1.82, 2.24) is 10.6 Å². The van der Waals surface area contributed by atoms with Crippen molar-refractivity contribution in [3.05, 3.63) is 12.7 Å². The maximum Gasteiger partial charge on any atom is 0.475 e. The van der Waals surface area contributed by atoms with Crippen molar-refractivity contribution in [1.29, 1.82) is 0 Å². The van der Waals surface area contributed by atoms with Crippen LogP contribution in [0.5, 0.6) is 0 Å². The van der Waals surface area contributed by atoms with E-state index in [0.717, 1.165) is 57.8 Å². The van der Waals surface area contributed by atoms with Crippen molar-refractivity contribution < 1.29 is 42.0 Å². The molecule has 0 rings (SSSR count). The Bertz CT molecular complexity index is 1180. The molecule has 0 spiro atoms. The third-order valence-electron chi connectivity index (χ3n) is 11.6. The van der Waals surface area contributed by atoms with E-state index in [-0.39, 0.29) is 38.2 Å². The molecule has 0 bridgehead atoms. The summed E-state index contributed by atoms with van der Waals surface area (Å²) in [4.78, 5) is 39.0. The average molecular weight is 943 g/mol. The number of alkyl carbamates (subject to hydrolysis) is 1. The lowest BCUT2D eigenvalue weighted by molar-refractivity contribution is -0.150. The van der Waals surface area contributed by atoms with Crippen LogP contribution >= 0.6 is 7.82 Å². The lowest BCUT2D eigenvalue weighted by atomic mass is 10.0. The highest BCUT2D eigenvalue weighted by Crippen LogP contribution is 2.49. The van der Waals surface area contributed by atoms with Crippen LogP contribution in [0.15, 0.2) is 12.7 Å².